The zero-order valence-corrected chi connectivity index (χ0v) is 18.0. The molecule has 1 atom stereocenters. The Labute approximate surface area is 180 Å². The largest absolute Gasteiger partial charge is 0.478 e. The molecule has 0 amide bonds. The van der Waals surface area contributed by atoms with Crippen molar-refractivity contribution < 1.29 is 9.47 Å². The van der Waals surface area contributed by atoms with Crippen LogP contribution < -0.4 is 9.64 Å². The molecule has 1 saturated heterocycles. The topological polar surface area (TPSA) is 90.6 Å². The van der Waals surface area contributed by atoms with Gasteiger partial charge in [-0.1, -0.05) is 0 Å². The Kier molecular flexibility index (Phi) is 4.52. The molecule has 3 aromatic heterocycles. The first-order valence-electron chi connectivity index (χ1n) is 11.3. The lowest BCUT2D eigenvalue weighted by Gasteiger charge is -2.30. The van der Waals surface area contributed by atoms with Gasteiger partial charge in [-0.25, -0.2) is 19.5 Å². The van der Waals surface area contributed by atoms with Crippen molar-refractivity contribution in [3.63, 3.8) is 0 Å². The van der Waals surface area contributed by atoms with Crippen molar-refractivity contribution in [2.24, 2.45) is 0 Å². The minimum atomic E-state index is 0.286. The number of hydrogen-bond donors (Lipinski definition) is 0. The molecule has 2 fully saturated rings. The molecule has 0 unspecified atom stereocenters. The van der Waals surface area contributed by atoms with Crippen molar-refractivity contribution in [2.75, 3.05) is 31.3 Å². The van der Waals surface area contributed by atoms with Gasteiger partial charge >= 0.3 is 0 Å². The number of anilines is 1. The average Bonchev–Trinajstić information content (AvgIpc) is 3.40. The number of imidazole rings is 1. The van der Waals surface area contributed by atoms with Gasteiger partial charge in [0.25, 0.3) is 0 Å². The molecular weight excluding hydrogens is 394 g/mol. The molecule has 0 N–H and O–H groups in total. The lowest BCUT2D eigenvalue weighted by Crippen LogP contribution is -2.33. The second kappa shape index (κ2) is 7.40. The smallest absolute Gasteiger partial charge is 0.222 e. The van der Waals surface area contributed by atoms with E-state index in [4.69, 9.17) is 29.4 Å². The third kappa shape index (κ3) is 3.22. The second-order valence-electron chi connectivity index (χ2n) is 8.64. The first-order valence-corrected chi connectivity index (χ1v) is 11.3. The maximum Gasteiger partial charge on any atom is 0.222 e. The van der Waals surface area contributed by atoms with Crippen molar-refractivity contribution in [3.05, 3.63) is 34.9 Å². The van der Waals surface area contributed by atoms with E-state index < -0.39 is 0 Å². The number of rotatable bonds is 5. The summed E-state index contributed by atoms with van der Waals surface area (Å²) in [6, 6.07) is 0. The summed E-state index contributed by atoms with van der Waals surface area (Å²) >= 11 is 0. The van der Waals surface area contributed by atoms with Crippen molar-refractivity contribution in [1.29, 1.82) is 0 Å². The molecule has 3 aliphatic rings. The molecular formula is C22H27N7O2. The summed E-state index contributed by atoms with van der Waals surface area (Å²) < 4.78 is 13.5. The van der Waals surface area contributed by atoms with Gasteiger partial charge in [-0.05, 0) is 33.1 Å². The molecule has 0 spiro atoms. The van der Waals surface area contributed by atoms with E-state index in [0.29, 0.717) is 25.7 Å². The fourth-order valence-electron chi connectivity index (χ4n) is 4.72. The van der Waals surface area contributed by atoms with E-state index in [2.05, 4.69) is 10.00 Å². The third-order valence-electron chi connectivity index (χ3n) is 6.48. The summed E-state index contributed by atoms with van der Waals surface area (Å²) in [5.41, 5.74) is 4.24. The number of fused-ring (bicyclic) bond motifs is 2. The molecule has 31 heavy (non-hydrogen) atoms. The number of nitrogens with zero attached hydrogens (tertiary/aromatic N) is 7. The van der Waals surface area contributed by atoms with E-state index in [1.54, 1.807) is 6.33 Å². The Morgan fingerprint density at radius 2 is 2.06 bits per heavy atom. The minimum absolute atomic E-state index is 0.286. The fourth-order valence-corrected chi connectivity index (χ4v) is 4.72. The maximum atomic E-state index is 5.96. The molecule has 6 rings (SSSR count). The number of ether oxygens (including phenoxy) is 2. The standard InChI is InChI=1S/C22H27N7O2/c1-3-31-22-16-10-28(8-6-17(16)26-20(27-22)14-4-5-14)21-19-18(15-7-9-30-11-15)25-13(2)29(19)24-12-23-21/h12,14-15H,3-11H2,1-2H3/t15-/m1/s1. The van der Waals surface area contributed by atoms with Crippen LogP contribution in [0, 0.1) is 6.92 Å². The van der Waals surface area contributed by atoms with Crippen molar-refractivity contribution in [3.8, 4) is 5.88 Å². The molecule has 3 aromatic rings. The van der Waals surface area contributed by atoms with Gasteiger partial charge in [0.2, 0.25) is 5.88 Å². The lowest BCUT2D eigenvalue weighted by atomic mass is 10.0. The Morgan fingerprint density at radius 1 is 1.16 bits per heavy atom. The van der Waals surface area contributed by atoms with E-state index in [1.165, 1.54) is 12.8 Å². The van der Waals surface area contributed by atoms with Gasteiger partial charge in [0.05, 0.1) is 36.7 Å². The number of hydrogen-bond acceptors (Lipinski definition) is 8. The van der Waals surface area contributed by atoms with Crippen molar-refractivity contribution in [2.45, 2.75) is 57.9 Å². The van der Waals surface area contributed by atoms with E-state index in [0.717, 1.165) is 71.8 Å². The van der Waals surface area contributed by atoms with Gasteiger partial charge in [-0.15, -0.1) is 0 Å². The normalized spacial score (nSPS) is 21.0. The van der Waals surface area contributed by atoms with Crippen LogP contribution in [-0.2, 0) is 17.7 Å². The van der Waals surface area contributed by atoms with Gasteiger partial charge in [-0.2, -0.15) is 10.1 Å². The Morgan fingerprint density at radius 3 is 2.84 bits per heavy atom. The third-order valence-corrected chi connectivity index (χ3v) is 6.48. The highest BCUT2D eigenvalue weighted by Crippen LogP contribution is 2.41. The van der Waals surface area contributed by atoms with E-state index in [1.807, 2.05) is 18.4 Å². The molecule has 0 bridgehead atoms. The predicted molar refractivity (Wildman–Crippen MR) is 114 cm³/mol. The van der Waals surface area contributed by atoms with Crippen LogP contribution in [0.3, 0.4) is 0 Å². The molecule has 1 aliphatic carbocycles. The highest BCUT2D eigenvalue weighted by Gasteiger charge is 2.33. The van der Waals surface area contributed by atoms with Gasteiger partial charge in [0.15, 0.2) is 5.82 Å². The molecule has 1 saturated carbocycles. The molecule has 9 nitrogen and oxygen atoms in total. The van der Waals surface area contributed by atoms with Crippen molar-refractivity contribution in [1.82, 2.24) is 29.5 Å². The SMILES string of the molecule is CCOc1nc(C2CC2)nc2c1CN(c1ncnn3c(C)nc([C@@H]4CCOC4)c13)CC2. The molecule has 162 valence electrons. The summed E-state index contributed by atoms with van der Waals surface area (Å²) in [5.74, 6) is 4.28. The molecule has 0 aromatic carbocycles. The van der Waals surface area contributed by atoms with E-state index >= 15 is 0 Å². The number of aryl methyl sites for hydroxylation is 1. The van der Waals surface area contributed by atoms with Crippen LogP contribution in [0.1, 0.15) is 66.6 Å². The maximum absolute atomic E-state index is 5.96. The van der Waals surface area contributed by atoms with Crippen LogP contribution in [0.2, 0.25) is 0 Å². The van der Waals surface area contributed by atoms with Gasteiger partial charge < -0.3 is 14.4 Å². The quantitative estimate of drug-likeness (QED) is 0.621. The van der Waals surface area contributed by atoms with E-state index in [9.17, 15) is 0 Å². The first-order chi connectivity index (χ1) is 15.2. The summed E-state index contributed by atoms with van der Waals surface area (Å²) in [6.07, 6.45) is 5.82. The fraction of sp³-hybridized carbons (Fsp3) is 0.591. The summed E-state index contributed by atoms with van der Waals surface area (Å²) in [4.78, 5) is 21.6. The summed E-state index contributed by atoms with van der Waals surface area (Å²) in [7, 11) is 0. The monoisotopic (exact) mass is 421 g/mol. The molecule has 9 heteroatoms. The van der Waals surface area contributed by atoms with Crippen LogP contribution in [-0.4, -0.2) is 55.9 Å². The second-order valence-corrected chi connectivity index (χ2v) is 8.64. The highest BCUT2D eigenvalue weighted by atomic mass is 16.5. The highest BCUT2D eigenvalue weighted by molar-refractivity contribution is 5.73. The lowest BCUT2D eigenvalue weighted by molar-refractivity contribution is 0.193. The predicted octanol–water partition coefficient (Wildman–Crippen LogP) is 2.57. The number of aromatic nitrogens is 6. The Bertz CT molecular complexity index is 1130. The Hall–Kier alpha value is -2.81. The van der Waals surface area contributed by atoms with Crippen LogP contribution in [0.4, 0.5) is 5.82 Å². The van der Waals surface area contributed by atoms with Crippen LogP contribution in [0.25, 0.3) is 5.52 Å². The molecule has 0 radical (unpaired) electrons. The van der Waals surface area contributed by atoms with Gasteiger partial charge in [0.1, 0.15) is 23.5 Å². The van der Waals surface area contributed by atoms with E-state index in [-0.39, 0.29) is 5.92 Å². The zero-order chi connectivity index (χ0) is 20.9. The minimum Gasteiger partial charge on any atom is -0.478 e. The van der Waals surface area contributed by atoms with Crippen LogP contribution in [0.15, 0.2) is 6.33 Å². The summed E-state index contributed by atoms with van der Waals surface area (Å²) in [6.45, 7) is 7.60. The van der Waals surface area contributed by atoms with Gasteiger partial charge in [-0.3, -0.25) is 0 Å². The van der Waals surface area contributed by atoms with Crippen LogP contribution >= 0.6 is 0 Å². The summed E-state index contributed by atoms with van der Waals surface area (Å²) in [5, 5.41) is 4.48. The zero-order valence-electron chi connectivity index (χ0n) is 18.0. The van der Waals surface area contributed by atoms with Crippen molar-refractivity contribution >= 4 is 11.3 Å². The van der Waals surface area contributed by atoms with Gasteiger partial charge in [0, 0.05) is 31.4 Å². The molecule has 2 aliphatic heterocycles. The van der Waals surface area contributed by atoms with Crippen LogP contribution in [0.5, 0.6) is 5.88 Å². The Balaban J connectivity index is 1.41. The molecule has 5 heterocycles. The average molecular weight is 422 g/mol. The first kappa shape index (κ1) is 18.9.